The van der Waals surface area contributed by atoms with Crippen molar-refractivity contribution in [2.75, 3.05) is 23.7 Å². The summed E-state index contributed by atoms with van der Waals surface area (Å²) >= 11 is 1.92. The molecule has 0 radical (unpaired) electrons. The summed E-state index contributed by atoms with van der Waals surface area (Å²) in [6.45, 7) is 5.29. The predicted molar refractivity (Wildman–Crippen MR) is 93.1 cm³/mol. The Bertz CT molecular complexity index is 470. The number of rotatable bonds is 4. The second kappa shape index (κ2) is 6.62. The third-order valence-electron chi connectivity index (χ3n) is 5.44. The van der Waals surface area contributed by atoms with Crippen LogP contribution >= 0.6 is 11.8 Å². The summed E-state index contributed by atoms with van der Waals surface area (Å²) in [6, 6.07) is 6.70. The first-order valence-corrected chi connectivity index (χ1v) is 9.46. The Balaban J connectivity index is 1.77. The molecular formula is C18H28N2S. The van der Waals surface area contributed by atoms with Crippen LogP contribution in [0.4, 0.5) is 5.69 Å². The maximum Gasteiger partial charge on any atom is 0.0423 e. The lowest BCUT2D eigenvalue weighted by Crippen LogP contribution is -2.39. The van der Waals surface area contributed by atoms with Gasteiger partial charge in [0, 0.05) is 35.8 Å². The van der Waals surface area contributed by atoms with E-state index >= 15 is 0 Å². The zero-order valence-electron chi connectivity index (χ0n) is 13.2. The number of hydrogen-bond donors (Lipinski definition) is 1. The Hall–Kier alpha value is -0.670. The minimum atomic E-state index is 0.653. The van der Waals surface area contributed by atoms with Gasteiger partial charge in [0.15, 0.2) is 0 Å². The quantitative estimate of drug-likeness (QED) is 0.835. The SMILES string of the molecule is CCSc1cccc(N2CCC3(CCCC3)CC2)c1CN. The molecule has 1 aromatic carbocycles. The molecule has 1 aliphatic heterocycles. The Morgan fingerprint density at radius 2 is 1.86 bits per heavy atom. The zero-order chi connectivity index (χ0) is 14.7. The lowest BCUT2D eigenvalue weighted by molar-refractivity contribution is 0.226. The molecule has 21 heavy (non-hydrogen) atoms. The minimum Gasteiger partial charge on any atom is -0.371 e. The van der Waals surface area contributed by atoms with Crippen molar-refractivity contribution in [1.82, 2.24) is 0 Å². The van der Waals surface area contributed by atoms with Crippen LogP contribution in [-0.4, -0.2) is 18.8 Å². The smallest absolute Gasteiger partial charge is 0.0423 e. The van der Waals surface area contributed by atoms with Crippen molar-refractivity contribution in [3.8, 4) is 0 Å². The predicted octanol–water partition coefficient (Wildman–Crippen LogP) is 4.42. The van der Waals surface area contributed by atoms with E-state index in [4.69, 9.17) is 5.73 Å². The number of piperidine rings is 1. The Labute approximate surface area is 133 Å². The van der Waals surface area contributed by atoms with Crippen LogP contribution in [0.1, 0.15) is 51.0 Å². The summed E-state index contributed by atoms with van der Waals surface area (Å²) < 4.78 is 0. The number of thioether (sulfide) groups is 1. The van der Waals surface area contributed by atoms with Gasteiger partial charge in [-0.1, -0.05) is 25.8 Å². The van der Waals surface area contributed by atoms with E-state index in [1.165, 1.54) is 67.8 Å². The molecule has 0 atom stereocenters. The van der Waals surface area contributed by atoms with Gasteiger partial charge in [0.05, 0.1) is 0 Å². The third-order valence-corrected chi connectivity index (χ3v) is 6.42. The normalized spacial score (nSPS) is 21.1. The number of anilines is 1. The summed E-state index contributed by atoms with van der Waals surface area (Å²) in [7, 11) is 0. The molecule has 0 unspecified atom stereocenters. The lowest BCUT2D eigenvalue weighted by Gasteiger charge is -2.41. The van der Waals surface area contributed by atoms with Crippen LogP contribution in [0.3, 0.4) is 0 Å². The van der Waals surface area contributed by atoms with Gasteiger partial charge in [0.25, 0.3) is 0 Å². The highest BCUT2D eigenvalue weighted by molar-refractivity contribution is 7.99. The summed E-state index contributed by atoms with van der Waals surface area (Å²) in [5, 5.41) is 0. The van der Waals surface area contributed by atoms with Crippen molar-refractivity contribution in [3.05, 3.63) is 23.8 Å². The fourth-order valence-corrected chi connectivity index (χ4v) is 5.04. The summed E-state index contributed by atoms with van der Waals surface area (Å²) in [5.41, 5.74) is 9.50. The van der Waals surface area contributed by atoms with Crippen LogP contribution in [0.5, 0.6) is 0 Å². The van der Waals surface area contributed by atoms with Gasteiger partial charge in [-0.15, -0.1) is 11.8 Å². The summed E-state index contributed by atoms with van der Waals surface area (Å²) in [6.07, 6.45) is 8.60. The van der Waals surface area contributed by atoms with Gasteiger partial charge in [-0.3, -0.25) is 0 Å². The largest absolute Gasteiger partial charge is 0.371 e. The number of benzene rings is 1. The van der Waals surface area contributed by atoms with Crippen LogP contribution in [-0.2, 0) is 6.54 Å². The number of nitrogens with zero attached hydrogens (tertiary/aromatic N) is 1. The first kappa shape index (κ1) is 15.2. The molecule has 2 aliphatic rings. The number of hydrogen-bond acceptors (Lipinski definition) is 3. The van der Waals surface area contributed by atoms with Crippen LogP contribution < -0.4 is 10.6 Å². The Morgan fingerprint density at radius 3 is 2.48 bits per heavy atom. The van der Waals surface area contributed by atoms with Gasteiger partial charge >= 0.3 is 0 Å². The van der Waals surface area contributed by atoms with Crippen molar-refractivity contribution in [1.29, 1.82) is 0 Å². The topological polar surface area (TPSA) is 29.3 Å². The second-order valence-corrected chi connectivity index (χ2v) is 7.89. The molecule has 2 N–H and O–H groups in total. The molecule has 1 spiro atoms. The van der Waals surface area contributed by atoms with Gasteiger partial charge in [0.1, 0.15) is 0 Å². The van der Waals surface area contributed by atoms with Gasteiger partial charge in [-0.05, 0) is 49.0 Å². The van der Waals surface area contributed by atoms with Crippen LogP contribution in [0.25, 0.3) is 0 Å². The van der Waals surface area contributed by atoms with E-state index < -0.39 is 0 Å². The highest BCUT2D eigenvalue weighted by Crippen LogP contribution is 2.47. The van der Waals surface area contributed by atoms with Gasteiger partial charge in [-0.2, -0.15) is 0 Å². The molecule has 3 rings (SSSR count). The average molecular weight is 305 g/mol. The summed E-state index contributed by atoms with van der Waals surface area (Å²) in [4.78, 5) is 3.96. The van der Waals surface area contributed by atoms with Gasteiger partial charge in [0.2, 0.25) is 0 Å². The molecule has 1 saturated heterocycles. The van der Waals surface area contributed by atoms with Crippen molar-refractivity contribution < 1.29 is 0 Å². The third kappa shape index (κ3) is 3.09. The van der Waals surface area contributed by atoms with E-state index in [0.717, 1.165) is 5.75 Å². The van der Waals surface area contributed by atoms with Crippen molar-refractivity contribution in [2.24, 2.45) is 11.1 Å². The highest BCUT2D eigenvalue weighted by atomic mass is 32.2. The Morgan fingerprint density at radius 1 is 1.14 bits per heavy atom. The fourth-order valence-electron chi connectivity index (χ4n) is 4.19. The molecule has 116 valence electrons. The van der Waals surface area contributed by atoms with Crippen LogP contribution in [0.15, 0.2) is 23.1 Å². The first-order chi connectivity index (χ1) is 10.3. The maximum atomic E-state index is 6.06. The molecular weight excluding hydrogens is 276 g/mol. The van der Waals surface area contributed by atoms with E-state index in [2.05, 4.69) is 30.0 Å². The molecule has 1 aromatic rings. The zero-order valence-corrected chi connectivity index (χ0v) is 14.1. The van der Waals surface area contributed by atoms with E-state index in [0.29, 0.717) is 12.0 Å². The van der Waals surface area contributed by atoms with E-state index in [-0.39, 0.29) is 0 Å². The molecule has 0 bridgehead atoms. The standard InChI is InChI=1S/C18H28N2S/c1-2-21-17-7-5-6-16(15(17)14-19)20-12-10-18(11-13-20)8-3-4-9-18/h5-7H,2-4,8-14,19H2,1H3. The van der Waals surface area contributed by atoms with Crippen LogP contribution in [0.2, 0.25) is 0 Å². The molecule has 2 nitrogen and oxygen atoms in total. The molecule has 1 heterocycles. The first-order valence-electron chi connectivity index (χ1n) is 8.48. The fraction of sp³-hybridized carbons (Fsp3) is 0.667. The van der Waals surface area contributed by atoms with E-state index in [1.54, 1.807) is 0 Å². The molecule has 2 fully saturated rings. The maximum absolute atomic E-state index is 6.06. The molecule has 0 amide bonds. The molecule has 3 heteroatoms. The van der Waals surface area contributed by atoms with Gasteiger partial charge < -0.3 is 10.6 Å². The van der Waals surface area contributed by atoms with E-state index in [1.807, 2.05) is 11.8 Å². The van der Waals surface area contributed by atoms with Gasteiger partial charge in [-0.25, -0.2) is 0 Å². The van der Waals surface area contributed by atoms with Crippen molar-refractivity contribution >= 4 is 17.4 Å². The van der Waals surface area contributed by atoms with Crippen molar-refractivity contribution in [3.63, 3.8) is 0 Å². The monoisotopic (exact) mass is 304 g/mol. The minimum absolute atomic E-state index is 0.653. The molecule has 1 aliphatic carbocycles. The summed E-state index contributed by atoms with van der Waals surface area (Å²) in [5.74, 6) is 1.11. The average Bonchev–Trinajstić information content (AvgIpc) is 2.96. The molecule has 1 saturated carbocycles. The second-order valence-electron chi connectivity index (χ2n) is 6.59. The number of nitrogens with two attached hydrogens (primary N) is 1. The van der Waals surface area contributed by atoms with Crippen LogP contribution in [0, 0.1) is 5.41 Å². The lowest BCUT2D eigenvalue weighted by atomic mass is 9.77. The van der Waals surface area contributed by atoms with E-state index in [9.17, 15) is 0 Å². The highest BCUT2D eigenvalue weighted by Gasteiger charge is 2.37. The molecule has 0 aromatic heterocycles. The van der Waals surface area contributed by atoms with Crippen molar-refractivity contribution in [2.45, 2.75) is 56.9 Å². The Kier molecular flexibility index (Phi) is 4.80.